The Labute approximate surface area is 150 Å². The molecular formula is C17H19NO7S. The molecule has 1 amide bonds. The van der Waals surface area contributed by atoms with Crippen LogP contribution >= 0.6 is 0 Å². The molecule has 2 atom stereocenters. The summed E-state index contributed by atoms with van der Waals surface area (Å²) in [5.74, 6) is -1.12. The highest BCUT2D eigenvalue weighted by Gasteiger charge is 2.30. The number of esters is 1. The summed E-state index contributed by atoms with van der Waals surface area (Å²) >= 11 is 0. The van der Waals surface area contributed by atoms with Crippen molar-refractivity contribution in [3.8, 4) is 5.75 Å². The van der Waals surface area contributed by atoms with Crippen LogP contribution in [-0.4, -0.2) is 49.1 Å². The molecule has 1 aromatic heterocycles. The second-order valence-corrected chi connectivity index (χ2v) is 8.59. The minimum atomic E-state index is -3.10. The number of hydrogen-bond acceptors (Lipinski definition) is 7. The monoisotopic (exact) mass is 381 g/mol. The fourth-order valence-electron chi connectivity index (χ4n) is 2.88. The molecule has 2 heterocycles. The van der Waals surface area contributed by atoms with E-state index in [1.807, 2.05) is 0 Å². The summed E-state index contributed by atoms with van der Waals surface area (Å²) in [6, 6.07) is 4.11. The quantitative estimate of drug-likeness (QED) is 0.738. The molecule has 2 N–H and O–H groups in total. The molecule has 0 saturated carbocycles. The highest BCUT2D eigenvalue weighted by atomic mass is 32.2. The Morgan fingerprint density at radius 1 is 1.42 bits per heavy atom. The molecule has 3 rings (SSSR count). The van der Waals surface area contributed by atoms with Gasteiger partial charge in [-0.2, -0.15) is 0 Å². The van der Waals surface area contributed by atoms with Crippen molar-refractivity contribution in [3.05, 3.63) is 30.0 Å². The number of phenols is 1. The number of hydrogen-bond donors (Lipinski definition) is 2. The number of phenolic OH excluding ortho intramolecular Hbond substituents is 1. The number of carbonyl (C=O) groups excluding carboxylic acids is 2. The molecule has 9 heteroatoms. The SMILES string of the molecule is C[C@H](OC(=O)Cc1coc2cc(O)ccc12)C(=O)N[C@@H]1CCS(=O)(=O)C1. The van der Waals surface area contributed by atoms with Gasteiger partial charge in [-0.25, -0.2) is 8.42 Å². The van der Waals surface area contributed by atoms with Crippen molar-refractivity contribution < 1.29 is 32.3 Å². The van der Waals surface area contributed by atoms with Crippen LogP contribution in [-0.2, 0) is 30.6 Å². The maximum Gasteiger partial charge on any atom is 0.311 e. The zero-order valence-corrected chi connectivity index (χ0v) is 14.9. The fourth-order valence-corrected chi connectivity index (χ4v) is 4.56. The molecule has 1 saturated heterocycles. The average molecular weight is 381 g/mol. The van der Waals surface area contributed by atoms with Gasteiger partial charge in [-0.1, -0.05) is 0 Å². The summed E-state index contributed by atoms with van der Waals surface area (Å²) in [5, 5.41) is 12.7. The first-order valence-corrected chi connectivity index (χ1v) is 9.95. The standard InChI is InChI=1S/C17H19NO7S/c1-10(17(21)18-12-4-5-26(22,23)9-12)25-16(20)6-11-8-24-15-7-13(19)2-3-14(11)15/h2-3,7-8,10,12,19H,4-6,9H2,1H3,(H,18,21)/t10-,12+/m0/s1. The number of rotatable bonds is 5. The van der Waals surface area contributed by atoms with E-state index in [1.54, 1.807) is 6.07 Å². The van der Waals surface area contributed by atoms with E-state index in [0.717, 1.165) is 0 Å². The van der Waals surface area contributed by atoms with E-state index in [0.29, 0.717) is 23.0 Å². The fraction of sp³-hybridized carbons (Fsp3) is 0.412. The number of aromatic hydroxyl groups is 1. The van der Waals surface area contributed by atoms with Gasteiger partial charge >= 0.3 is 5.97 Å². The average Bonchev–Trinajstić information content (AvgIpc) is 3.09. The number of nitrogens with one attached hydrogen (secondary N) is 1. The van der Waals surface area contributed by atoms with Crippen LogP contribution in [0.5, 0.6) is 5.75 Å². The molecule has 26 heavy (non-hydrogen) atoms. The van der Waals surface area contributed by atoms with E-state index in [-0.39, 0.29) is 23.7 Å². The summed E-state index contributed by atoms with van der Waals surface area (Å²) in [7, 11) is -3.10. The number of ether oxygens (including phenoxy) is 1. The van der Waals surface area contributed by atoms with Gasteiger partial charge in [0.1, 0.15) is 11.3 Å². The number of sulfone groups is 1. The maximum absolute atomic E-state index is 12.1. The van der Waals surface area contributed by atoms with E-state index in [9.17, 15) is 23.1 Å². The Morgan fingerprint density at radius 2 is 2.19 bits per heavy atom. The van der Waals surface area contributed by atoms with Gasteiger partial charge in [-0.05, 0) is 25.5 Å². The van der Waals surface area contributed by atoms with Crippen molar-refractivity contribution in [1.82, 2.24) is 5.32 Å². The van der Waals surface area contributed by atoms with Gasteiger partial charge < -0.3 is 19.6 Å². The lowest BCUT2D eigenvalue weighted by atomic mass is 10.1. The van der Waals surface area contributed by atoms with Gasteiger partial charge in [-0.15, -0.1) is 0 Å². The van der Waals surface area contributed by atoms with Crippen molar-refractivity contribution in [3.63, 3.8) is 0 Å². The predicted molar refractivity (Wildman–Crippen MR) is 92.3 cm³/mol. The van der Waals surface area contributed by atoms with Gasteiger partial charge in [-0.3, -0.25) is 9.59 Å². The molecule has 0 unspecified atom stereocenters. The summed E-state index contributed by atoms with van der Waals surface area (Å²) in [6.45, 7) is 1.43. The second kappa shape index (κ2) is 6.99. The molecule has 1 aliphatic heterocycles. The summed E-state index contributed by atoms with van der Waals surface area (Å²) in [6.07, 6.45) is 0.642. The topological polar surface area (TPSA) is 123 Å². The van der Waals surface area contributed by atoms with Crippen LogP contribution < -0.4 is 5.32 Å². The molecular weight excluding hydrogens is 362 g/mol. The van der Waals surface area contributed by atoms with E-state index in [2.05, 4.69) is 5.32 Å². The first kappa shape index (κ1) is 18.2. The molecule has 0 aliphatic carbocycles. The normalized spacial score (nSPS) is 20.0. The summed E-state index contributed by atoms with van der Waals surface area (Å²) in [5.41, 5.74) is 1.03. The van der Waals surface area contributed by atoms with Crippen molar-refractivity contribution in [1.29, 1.82) is 0 Å². The highest BCUT2D eigenvalue weighted by molar-refractivity contribution is 7.91. The van der Waals surface area contributed by atoms with Crippen LogP contribution in [0.2, 0.25) is 0 Å². The minimum absolute atomic E-state index is 0.0508. The lowest BCUT2D eigenvalue weighted by molar-refractivity contribution is -0.154. The van der Waals surface area contributed by atoms with Crippen LogP contribution in [0.4, 0.5) is 0 Å². The van der Waals surface area contributed by atoms with Gasteiger partial charge in [0, 0.05) is 23.1 Å². The Morgan fingerprint density at radius 3 is 2.88 bits per heavy atom. The van der Waals surface area contributed by atoms with E-state index >= 15 is 0 Å². The van der Waals surface area contributed by atoms with E-state index < -0.39 is 33.9 Å². The lowest BCUT2D eigenvalue weighted by Crippen LogP contribution is -2.42. The molecule has 0 spiro atoms. The van der Waals surface area contributed by atoms with Gasteiger partial charge in [0.05, 0.1) is 24.2 Å². The second-order valence-electron chi connectivity index (χ2n) is 6.36. The molecule has 1 aromatic carbocycles. The van der Waals surface area contributed by atoms with E-state index in [4.69, 9.17) is 9.15 Å². The Hall–Kier alpha value is -2.55. The molecule has 0 bridgehead atoms. The number of fused-ring (bicyclic) bond motifs is 1. The maximum atomic E-state index is 12.1. The number of furan rings is 1. The molecule has 1 fully saturated rings. The molecule has 2 aromatic rings. The Balaban J connectivity index is 1.56. The highest BCUT2D eigenvalue weighted by Crippen LogP contribution is 2.25. The molecule has 0 radical (unpaired) electrons. The zero-order valence-electron chi connectivity index (χ0n) is 14.1. The van der Waals surface area contributed by atoms with Crippen molar-refractivity contribution >= 4 is 32.7 Å². The van der Waals surface area contributed by atoms with Gasteiger partial charge in [0.2, 0.25) is 0 Å². The van der Waals surface area contributed by atoms with Crippen molar-refractivity contribution in [2.24, 2.45) is 0 Å². The first-order valence-electron chi connectivity index (χ1n) is 8.13. The zero-order chi connectivity index (χ0) is 18.9. The number of amides is 1. The lowest BCUT2D eigenvalue weighted by Gasteiger charge is -2.16. The third kappa shape index (κ3) is 4.16. The van der Waals surface area contributed by atoms with Crippen LogP contribution in [0.3, 0.4) is 0 Å². The van der Waals surface area contributed by atoms with Crippen LogP contribution in [0.25, 0.3) is 11.0 Å². The van der Waals surface area contributed by atoms with Crippen LogP contribution in [0, 0.1) is 0 Å². The smallest absolute Gasteiger partial charge is 0.311 e. The van der Waals surface area contributed by atoms with Crippen molar-refractivity contribution in [2.45, 2.75) is 31.9 Å². The first-order chi connectivity index (χ1) is 12.2. The predicted octanol–water partition coefficient (Wildman–Crippen LogP) is 0.916. The third-order valence-electron chi connectivity index (χ3n) is 4.23. The number of benzene rings is 1. The molecule has 140 valence electrons. The minimum Gasteiger partial charge on any atom is -0.508 e. The van der Waals surface area contributed by atoms with E-state index in [1.165, 1.54) is 25.3 Å². The van der Waals surface area contributed by atoms with Crippen LogP contribution in [0.1, 0.15) is 18.9 Å². The Bertz CT molecular complexity index is 947. The van der Waals surface area contributed by atoms with Crippen molar-refractivity contribution in [2.75, 3.05) is 11.5 Å². The molecule has 1 aliphatic rings. The van der Waals surface area contributed by atoms with Gasteiger partial charge in [0.15, 0.2) is 15.9 Å². The number of carbonyl (C=O) groups is 2. The van der Waals surface area contributed by atoms with Gasteiger partial charge in [0.25, 0.3) is 5.91 Å². The van der Waals surface area contributed by atoms with Crippen LogP contribution in [0.15, 0.2) is 28.9 Å². The summed E-state index contributed by atoms with van der Waals surface area (Å²) < 4.78 is 33.2. The Kier molecular flexibility index (Phi) is 4.90. The third-order valence-corrected chi connectivity index (χ3v) is 6.00. The molecule has 8 nitrogen and oxygen atoms in total. The largest absolute Gasteiger partial charge is 0.508 e. The summed E-state index contributed by atoms with van der Waals surface area (Å²) in [4.78, 5) is 24.2.